The second kappa shape index (κ2) is 11.0. The number of rotatable bonds is 8. The van der Waals surface area contributed by atoms with Crippen molar-refractivity contribution in [2.45, 2.75) is 26.5 Å². The smallest absolute Gasteiger partial charge is 0.246 e. The Morgan fingerprint density at radius 2 is 1.69 bits per heavy atom. The largest absolute Gasteiger partial charge is 0.494 e. The van der Waals surface area contributed by atoms with Gasteiger partial charge in [-0.1, -0.05) is 12.1 Å². The van der Waals surface area contributed by atoms with Gasteiger partial charge in [-0.25, -0.2) is 4.39 Å². The Bertz CT molecular complexity index is 953. The summed E-state index contributed by atoms with van der Waals surface area (Å²) in [6.07, 6.45) is 3.43. The molecule has 0 radical (unpaired) electrons. The van der Waals surface area contributed by atoms with Crippen LogP contribution in [0.1, 0.15) is 25.0 Å². The van der Waals surface area contributed by atoms with Gasteiger partial charge in [-0.2, -0.15) is 0 Å². The predicted molar refractivity (Wildman–Crippen MR) is 123 cm³/mol. The summed E-state index contributed by atoms with van der Waals surface area (Å²) in [6.45, 7) is 7.30. The molecule has 0 bridgehead atoms. The summed E-state index contributed by atoms with van der Waals surface area (Å²) in [5.74, 6) is 1.18. The summed E-state index contributed by atoms with van der Waals surface area (Å²) >= 11 is 0. The van der Waals surface area contributed by atoms with E-state index in [1.54, 1.807) is 25.3 Å². The number of halogens is 1. The molecule has 1 fully saturated rings. The van der Waals surface area contributed by atoms with Gasteiger partial charge in [0, 0.05) is 38.8 Å². The van der Waals surface area contributed by atoms with E-state index in [9.17, 15) is 9.18 Å². The number of ether oxygens (including phenoxy) is 3. The van der Waals surface area contributed by atoms with Gasteiger partial charge in [-0.05, 0) is 55.3 Å². The van der Waals surface area contributed by atoms with Crippen LogP contribution in [0.5, 0.6) is 17.2 Å². The van der Waals surface area contributed by atoms with E-state index in [0.29, 0.717) is 31.1 Å². The number of carbonyl (C=O) groups excluding carboxylic acids is 1. The standard InChI is InChI=1S/C25H31FN2O4/c1-18(2)32-23-9-5-19(16-24(23)31-4)7-10-25(29)28-13-11-27(12-14-28)17-20-6-8-22(30-3)21(26)15-20/h5-10,15-16,18H,11-14,17H2,1-4H3/b10-7+. The third-order valence-electron chi connectivity index (χ3n) is 5.28. The van der Waals surface area contributed by atoms with Crippen LogP contribution in [-0.2, 0) is 11.3 Å². The summed E-state index contributed by atoms with van der Waals surface area (Å²) in [5, 5.41) is 0. The quantitative estimate of drug-likeness (QED) is 0.579. The van der Waals surface area contributed by atoms with Crippen LogP contribution in [0.15, 0.2) is 42.5 Å². The minimum atomic E-state index is -0.357. The van der Waals surface area contributed by atoms with Crippen molar-refractivity contribution in [3.05, 3.63) is 59.4 Å². The molecule has 0 unspecified atom stereocenters. The lowest BCUT2D eigenvalue weighted by atomic mass is 10.1. The first-order chi connectivity index (χ1) is 15.4. The van der Waals surface area contributed by atoms with E-state index < -0.39 is 0 Å². The molecule has 1 amide bonds. The molecule has 7 heteroatoms. The number of carbonyl (C=O) groups is 1. The van der Waals surface area contributed by atoms with E-state index in [2.05, 4.69) is 4.90 Å². The van der Waals surface area contributed by atoms with Gasteiger partial charge < -0.3 is 19.1 Å². The second-order valence-corrected chi connectivity index (χ2v) is 7.98. The number of hydrogen-bond donors (Lipinski definition) is 0. The van der Waals surface area contributed by atoms with E-state index >= 15 is 0 Å². The van der Waals surface area contributed by atoms with Crippen molar-refractivity contribution in [2.75, 3.05) is 40.4 Å². The first-order valence-electron chi connectivity index (χ1n) is 10.8. The van der Waals surface area contributed by atoms with Crippen molar-refractivity contribution in [1.82, 2.24) is 9.80 Å². The second-order valence-electron chi connectivity index (χ2n) is 7.98. The monoisotopic (exact) mass is 442 g/mol. The van der Waals surface area contributed by atoms with Crippen LogP contribution in [0.2, 0.25) is 0 Å². The van der Waals surface area contributed by atoms with Gasteiger partial charge in [-0.3, -0.25) is 9.69 Å². The highest BCUT2D eigenvalue weighted by molar-refractivity contribution is 5.92. The normalized spacial score (nSPS) is 14.8. The highest BCUT2D eigenvalue weighted by atomic mass is 19.1. The van der Waals surface area contributed by atoms with Crippen molar-refractivity contribution in [3.8, 4) is 17.2 Å². The molecule has 0 saturated carbocycles. The summed E-state index contributed by atoms with van der Waals surface area (Å²) in [5.41, 5.74) is 1.76. The third-order valence-corrected chi connectivity index (χ3v) is 5.28. The van der Waals surface area contributed by atoms with Crippen molar-refractivity contribution in [2.24, 2.45) is 0 Å². The number of hydrogen-bond acceptors (Lipinski definition) is 5. The molecule has 6 nitrogen and oxygen atoms in total. The third kappa shape index (κ3) is 6.23. The molecular weight excluding hydrogens is 411 g/mol. The van der Waals surface area contributed by atoms with E-state index in [4.69, 9.17) is 14.2 Å². The van der Waals surface area contributed by atoms with E-state index in [-0.39, 0.29) is 23.6 Å². The Morgan fingerprint density at radius 1 is 1.00 bits per heavy atom. The molecule has 2 aromatic carbocycles. The van der Waals surface area contributed by atoms with Crippen LogP contribution in [0, 0.1) is 5.82 Å². The highest BCUT2D eigenvalue weighted by Crippen LogP contribution is 2.29. The van der Waals surface area contributed by atoms with E-state index in [1.807, 2.05) is 43.0 Å². The topological polar surface area (TPSA) is 51.2 Å². The van der Waals surface area contributed by atoms with Gasteiger partial charge >= 0.3 is 0 Å². The number of nitrogens with zero attached hydrogens (tertiary/aromatic N) is 2. The summed E-state index contributed by atoms with van der Waals surface area (Å²) in [6, 6.07) is 10.6. The first-order valence-corrected chi connectivity index (χ1v) is 10.8. The van der Waals surface area contributed by atoms with Crippen LogP contribution in [0.4, 0.5) is 4.39 Å². The van der Waals surface area contributed by atoms with Crippen molar-refractivity contribution in [3.63, 3.8) is 0 Å². The van der Waals surface area contributed by atoms with Crippen molar-refractivity contribution < 1.29 is 23.4 Å². The maximum Gasteiger partial charge on any atom is 0.246 e. The molecule has 0 atom stereocenters. The van der Waals surface area contributed by atoms with Gasteiger partial charge in [0.1, 0.15) is 0 Å². The Hall–Kier alpha value is -3.06. The molecule has 1 saturated heterocycles. The van der Waals surface area contributed by atoms with Crippen molar-refractivity contribution in [1.29, 1.82) is 0 Å². The molecule has 32 heavy (non-hydrogen) atoms. The van der Waals surface area contributed by atoms with Crippen LogP contribution < -0.4 is 14.2 Å². The molecule has 0 aromatic heterocycles. The van der Waals surface area contributed by atoms with Crippen molar-refractivity contribution >= 4 is 12.0 Å². The average Bonchev–Trinajstić information content (AvgIpc) is 2.78. The van der Waals surface area contributed by atoms with Gasteiger partial charge in [0.2, 0.25) is 5.91 Å². The van der Waals surface area contributed by atoms with Crippen LogP contribution in [0.25, 0.3) is 6.08 Å². The zero-order chi connectivity index (χ0) is 23.1. The lowest BCUT2D eigenvalue weighted by molar-refractivity contribution is -0.127. The molecule has 0 aliphatic carbocycles. The number of amides is 1. The van der Waals surface area contributed by atoms with E-state index in [1.165, 1.54) is 13.2 Å². The van der Waals surface area contributed by atoms with Gasteiger partial charge in [0.25, 0.3) is 0 Å². The summed E-state index contributed by atoms with van der Waals surface area (Å²) in [4.78, 5) is 16.7. The van der Waals surface area contributed by atoms with Gasteiger partial charge in [0.05, 0.1) is 20.3 Å². The zero-order valence-electron chi connectivity index (χ0n) is 19.1. The molecule has 0 spiro atoms. The van der Waals surface area contributed by atoms with Gasteiger partial charge in [0.15, 0.2) is 23.1 Å². The fraction of sp³-hybridized carbons (Fsp3) is 0.400. The lowest BCUT2D eigenvalue weighted by Gasteiger charge is -2.34. The molecule has 1 heterocycles. The van der Waals surface area contributed by atoms with Gasteiger partial charge in [-0.15, -0.1) is 0 Å². The number of benzene rings is 2. The summed E-state index contributed by atoms with van der Waals surface area (Å²) < 4.78 is 30.0. The zero-order valence-corrected chi connectivity index (χ0v) is 19.1. The Morgan fingerprint density at radius 3 is 2.31 bits per heavy atom. The van der Waals surface area contributed by atoms with Crippen LogP contribution in [-0.4, -0.2) is 62.2 Å². The fourth-order valence-electron chi connectivity index (χ4n) is 3.60. The lowest BCUT2D eigenvalue weighted by Crippen LogP contribution is -2.47. The Labute approximate surface area is 189 Å². The first kappa shape index (κ1) is 23.6. The highest BCUT2D eigenvalue weighted by Gasteiger charge is 2.20. The fourth-order valence-corrected chi connectivity index (χ4v) is 3.60. The molecule has 1 aliphatic rings. The van der Waals surface area contributed by atoms with Crippen LogP contribution >= 0.6 is 0 Å². The maximum atomic E-state index is 13.9. The molecule has 1 aliphatic heterocycles. The summed E-state index contributed by atoms with van der Waals surface area (Å²) in [7, 11) is 3.05. The minimum Gasteiger partial charge on any atom is -0.494 e. The SMILES string of the molecule is COc1ccc(CN2CCN(C(=O)/C=C/c3ccc(OC(C)C)c(OC)c3)CC2)cc1F. The Kier molecular flexibility index (Phi) is 8.11. The molecular formula is C25H31FN2O4. The van der Waals surface area contributed by atoms with Crippen LogP contribution in [0.3, 0.4) is 0 Å². The van der Waals surface area contributed by atoms with E-state index in [0.717, 1.165) is 24.2 Å². The molecule has 3 rings (SSSR count). The molecule has 172 valence electrons. The molecule has 2 aromatic rings. The Balaban J connectivity index is 1.53. The average molecular weight is 443 g/mol. The number of piperazine rings is 1. The molecule has 0 N–H and O–H groups in total. The number of methoxy groups -OCH3 is 2. The predicted octanol–water partition coefficient (Wildman–Crippen LogP) is 3.99. The maximum absolute atomic E-state index is 13.9. The minimum absolute atomic E-state index is 0.0263.